The van der Waals surface area contributed by atoms with E-state index in [2.05, 4.69) is 10.6 Å². The molecule has 0 saturated heterocycles. The van der Waals surface area contributed by atoms with E-state index in [0.717, 1.165) is 5.56 Å². The number of hydrogen-bond acceptors (Lipinski definition) is 5. The van der Waals surface area contributed by atoms with E-state index in [1.807, 2.05) is 30.3 Å². The number of nitrogens with one attached hydrogen (secondary N) is 2. The van der Waals surface area contributed by atoms with E-state index in [1.54, 1.807) is 42.5 Å². The fourth-order valence-corrected chi connectivity index (χ4v) is 2.05. The standard InChI is InChI=1S/C19H13N5O/c20-10-16(11-21)18(12-22)24-17-8-4-7-15(9-17)19(25)23-13-14-5-2-1-3-6-14/h1-9,24H,13H2,(H,23,25). The molecule has 25 heavy (non-hydrogen) atoms. The molecule has 0 heterocycles. The number of carbonyl (C=O) groups excluding carboxylic acids is 1. The minimum Gasteiger partial charge on any atom is -0.348 e. The number of amides is 1. The summed E-state index contributed by atoms with van der Waals surface area (Å²) >= 11 is 0. The Hall–Kier alpha value is -4.08. The first-order valence-corrected chi connectivity index (χ1v) is 7.31. The molecule has 0 unspecified atom stereocenters. The van der Waals surface area contributed by atoms with E-state index in [1.165, 1.54) is 0 Å². The highest BCUT2D eigenvalue weighted by Crippen LogP contribution is 2.14. The lowest BCUT2D eigenvalue weighted by Gasteiger charge is -2.08. The van der Waals surface area contributed by atoms with Crippen molar-refractivity contribution in [1.82, 2.24) is 5.32 Å². The van der Waals surface area contributed by atoms with Crippen molar-refractivity contribution in [2.75, 3.05) is 5.32 Å². The van der Waals surface area contributed by atoms with Gasteiger partial charge >= 0.3 is 0 Å². The minimum absolute atomic E-state index is 0.160. The maximum absolute atomic E-state index is 12.3. The molecule has 2 rings (SSSR count). The molecule has 0 fully saturated rings. The second-order valence-corrected chi connectivity index (χ2v) is 4.96. The third-order valence-electron chi connectivity index (χ3n) is 3.28. The highest BCUT2D eigenvalue weighted by molar-refractivity contribution is 5.95. The molecule has 0 radical (unpaired) electrons. The van der Waals surface area contributed by atoms with Gasteiger partial charge in [0.2, 0.25) is 0 Å². The summed E-state index contributed by atoms with van der Waals surface area (Å²) in [6.07, 6.45) is 0. The summed E-state index contributed by atoms with van der Waals surface area (Å²) in [5.41, 5.74) is 1.33. The molecule has 120 valence electrons. The highest BCUT2D eigenvalue weighted by Gasteiger charge is 2.09. The average molecular weight is 327 g/mol. The van der Waals surface area contributed by atoms with Crippen LogP contribution in [-0.4, -0.2) is 5.91 Å². The van der Waals surface area contributed by atoms with Gasteiger partial charge in [-0.05, 0) is 23.8 Å². The molecule has 0 bridgehead atoms. The molecule has 2 aromatic carbocycles. The second-order valence-electron chi connectivity index (χ2n) is 4.96. The first kappa shape index (κ1) is 17.3. The Morgan fingerprint density at radius 2 is 1.64 bits per heavy atom. The summed E-state index contributed by atoms with van der Waals surface area (Å²) < 4.78 is 0. The molecular formula is C19H13N5O. The zero-order valence-corrected chi connectivity index (χ0v) is 13.2. The quantitative estimate of drug-likeness (QED) is 0.820. The molecule has 2 aromatic rings. The van der Waals surface area contributed by atoms with Crippen LogP contribution in [0.2, 0.25) is 0 Å². The highest BCUT2D eigenvalue weighted by atomic mass is 16.1. The van der Waals surface area contributed by atoms with Crippen LogP contribution in [0.5, 0.6) is 0 Å². The van der Waals surface area contributed by atoms with Crippen molar-refractivity contribution in [3.8, 4) is 18.2 Å². The van der Waals surface area contributed by atoms with Crippen LogP contribution in [0.4, 0.5) is 5.69 Å². The number of hydrogen-bond donors (Lipinski definition) is 2. The molecule has 0 aliphatic rings. The average Bonchev–Trinajstić information content (AvgIpc) is 2.67. The summed E-state index contributed by atoms with van der Waals surface area (Å²) in [5, 5.41) is 32.2. The molecule has 6 nitrogen and oxygen atoms in total. The molecule has 0 aliphatic carbocycles. The van der Waals surface area contributed by atoms with Crippen LogP contribution in [0.1, 0.15) is 15.9 Å². The van der Waals surface area contributed by atoms with Gasteiger partial charge in [0.15, 0.2) is 5.57 Å². The number of allylic oxidation sites excluding steroid dienone is 2. The van der Waals surface area contributed by atoms with Gasteiger partial charge in [0, 0.05) is 17.8 Å². The van der Waals surface area contributed by atoms with Gasteiger partial charge in [-0.15, -0.1) is 0 Å². The first-order chi connectivity index (χ1) is 12.2. The fraction of sp³-hybridized carbons (Fsp3) is 0.0526. The van der Waals surface area contributed by atoms with Crippen molar-refractivity contribution in [3.63, 3.8) is 0 Å². The number of carbonyl (C=O) groups is 1. The van der Waals surface area contributed by atoms with Crippen molar-refractivity contribution >= 4 is 11.6 Å². The lowest BCUT2D eigenvalue weighted by molar-refractivity contribution is 0.0951. The van der Waals surface area contributed by atoms with E-state index >= 15 is 0 Å². The minimum atomic E-state index is -0.318. The Bertz CT molecular complexity index is 911. The molecule has 0 saturated carbocycles. The van der Waals surface area contributed by atoms with Crippen molar-refractivity contribution in [2.45, 2.75) is 6.54 Å². The summed E-state index contributed by atoms with van der Waals surface area (Å²) in [7, 11) is 0. The van der Waals surface area contributed by atoms with Gasteiger partial charge in [0.25, 0.3) is 5.91 Å². The maximum atomic E-state index is 12.3. The summed E-state index contributed by atoms with van der Waals surface area (Å²) in [6.45, 7) is 0.397. The van der Waals surface area contributed by atoms with Crippen molar-refractivity contribution in [1.29, 1.82) is 15.8 Å². The van der Waals surface area contributed by atoms with Gasteiger partial charge in [-0.1, -0.05) is 36.4 Å². The zero-order chi connectivity index (χ0) is 18.1. The maximum Gasteiger partial charge on any atom is 0.251 e. The van der Waals surface area contributed by atoms with Crippen LogP contribution in [0.15, 0.2) is 65.9 Å². The molecule has 0 spiro atoms. The lowest BCUT2D eigenvalue weighted by atomic mass is 10.1. The summed E-state index contributed by atoms with van der Waals surface area (Å²) in [4.78, 5) is 12.3. The third kappa shape index (κ3) is 4.69. The predicted molar refractivity (Wildman–Crippen MR) is 91.5 cm³/mol. The molecule has 6 heteroatoms. The number of nitrogens with zero attached hydrogens (tertiary/aromatic N) is 3. The van der Waals surface area contributed by atoms with Gasteiger partial charge in [0.05, 0.1) is 0 Å². The topological polar surface area (TPSA) is 112 Å². The van der Waals surface area contributed by atoms with E-state index in [0.29, 0.717) is 17.8 Å². The number of benzene rings is 2. The normalized spacial score (nSPS) is 9.00. The SMILES string of the molecule is N#CC(C#N)=C(C#N)Nc1cccc(C(=O)NCc2ccccc2)c1. The van der Waals surface area contributed by atoms with Crippen LogP contribution >= 0.6 is 0 Å². The van der Waals surface area contributed by atoms with Crippen LogP contribution < -0.4 is 10.6 Å². The smallest absolute Gasteiger partial charge is 0.251 e. The van der Waals surface area contributed by atoms with E-state index in [-0.39, 0.29) is 17.2 Å². The van der Waals surface area contributed by atoms with Gasteiger partial charge in [-0.2, -0.15) is 15.8 Å². The van der Waals surface area contributed by atoms with Crippen LogP contribution in [-0.2, 0) is 6.54 Å². The molecule has 0 aromatic heterocycles. The predicted octanol–water partition coefficient (Wildman–Crippen LogP) is 2.85. The fourth-order valence-electron chi connectivity index (χ4n) is 2.05. The van der Waals surface area contributed by atoms with Crippen molar-refractivity contribution in [2.24, 2.45) is 0 Å². The van der Waals surface area contributed by atoms with Gasteiger partial charge in [-0.3, -0.25) is 4.79 Å². The summed E-state index contributed by atoms with van der Waals surface area (Å²) in [5.74, 6) is -0.268. The Balaban J connectivity index is 2.12. The summed E-state index contributed by atoms with van der Waals surface area (Å²) in [6, 6.07) is 21.0. The number of rotatable bonds is 5. The van der Waals surface area contributed by atoms with Gasteiger partial charge < -0.3 is 10.6 Å². The Kier molecular flexibility index (Phi) is 5.89. The Labute approximate surface area is 145 Å². The van der Waals surface area contributed by atoms with Crippen molar-refractivity contribution in [3.05, 3.63) is 77.0 Å². The molecule has 0 aliphatic heterocycles. The largest absolute Gasteiger partial charge is 0.348 e. The number of nitriles is 3. The first-order valence-electron chi connectivity index (χ1n) is 7.31. The third-order valence-corrected chi connectivity index (χ3v) is 3.28. The van der Waals surface area contributed by atoms with E-state index in [9.17, 15) is 4.79 Å². The second kappa shape index (κ2) is 8.53. The van der Waals surface area contributed by atoms with Gasteiger partial charge in [0.1, 0.15) is 23.9 Å². The number of anilines is 1. The van der Waals surface area contributed by atoms with Gasteiger partial charge in [-0.25, -0.2) is 0 Å². The lowest BCUT2D eigenvalue weighted by Crippen LogP contribution is -2.22. The monoisotopic (exact) mass is 327 g/mol. The Morgan fingerprint density at radius 1 is 0.920 bits per heavy atom. The molecule has 2 N–H and O–H groups in total. The molecular weight excluding hydrogens is 314 g/mol. The van der Waals surface area contributed by atoms with Crippen molar-refractivity contribution < 1.29 is 4.79 Å². The van der Waals surface area contributed by atoms with Crippen LogP contribution in [0.3, 0.4) is 0 Å². The zero-order valence-electron chi connectivity index (χ0n) is 13.2. The van der Waals surface area contributed by atoms with Crippen LogP contribution in [0, 0.1) is 34.0 Å². The van der Waals surface area contributed by atoms with E-state index in [4.69, 9.17) is 15.8 Å². The molecule has 0 atom stereocenters. The van der Waals surface area contributed by atoms with Crippen LogP contribution in [0.25, 0.3) is 0 Å². The van der Waals surface area contributed by atoms with E-state index < -0.39 is 0 Å². The molecule has 1 amide bonds. The Morgan fingerprint density at radius 3 is 2.28 bits per heavy atom.